The van der Waals surface area contributed by atoms with E-state index < -0.39 is 0 Å². The average Bonchev–Trinajstić information content (AvgIpc) is 2.59. The van der Waals surface area contributed by atoms with Gasteiger partial charge in [-0.2, -0.15) is 5.10 Å². The van der Waals surface area contributed by atoms with Gasteiger partial charge in [-0.25, -0.2) is 0 Å². The normalized spacial score (nSPS) is 10.4. The van der Waals surface area contributed by atoms with Gasteiger partial charge in [-0.1, -0.05) is 28.1 Å². The van der Waals surface area contributed by atoms with Crippen LogP contribution in [0.3, 0.4) is 0 Å². The molecule has 1 heterocycles. The number of hydrogen-bond donors (Lipinski definition) is 2. The molecule has 2 rings (SSSR count). The molecule has 1 aromatic carbocycles. The first-order chi connectivity index (χ1) is 7.66. The van der Waals surface area contributed by atoms with Crippen LogP contribution in [0.25, 0.3) is 0 Å². The Bertz CT molecular complexity index is 454. The summed E-state index contributed by atoms with van der Waals surface area (Å²) in [5.74, 6) is 0. The first-order valence-electron chi connectivity index (χ1n) is 5.16. The first kappa shape index (κ1) is 11.2. The molecule has 2 aromatic rings. The largest absolute Gasteiger partial charge is 0.378 e. The molecule has 0 bridgehead atoms. The molecule has 0 unspecified atom stereocenters. The number of H-pyrrole nitrogens is 1. The van der Waals surface area contributed by atoms with Gasteiger partial charge in [-0.15, -0.1) is 0 Å². The van der Waals surface area contributed by atoms with Crippen molar-refractivity contribution in [1.82, 2.24) is 10.2 Å². The maximum Gasteiger partial charge on any atom is 0.0825 e. The van der Waals surface area contributed by atoms with E-state index in [1.807, 2.05) is 26.0 Å². The van der Waals surface area contributed by atoms with E-state index in [1.54, 1.807) is 0 Å². The second-order valence-corrected chi connectivity index (χ2v) is 4.70. The predicted molar refractivity (Wildman–Crippen MR) is 69.5 cm³/mol. The lowest BCUT2D eigenvalue weighted by molar-refractivity contribution is 1.02. The lowest BCUT2D eigenvalue weighted by Gasteiger charge is -2.06. The summed E-state index contributed by atoms with van der Waals surface area (Å²) >= 11 is 3.42. The third kappa shape index (κ3) is 2.44. The Morgan fingerprint density at radius 2 is 1.94 bits per heavy atom. The van der Waals surface area contributed by atoms with Crippen molar-refractivity contribution in [2.45, 2.75) is 20.4 Å². The molecule has 84 valence electrons. The van der Waals surface area contributed by atoms with E-state index in [2.05, 4.69) is 43.6 Å². The third-order valence-electron chi connectivity index (χ3n) is 2.51. The summed E-state index contributed by atoms with van der Waals surface area (Å²) in [5.41, 5.74) is 4.44. The van der Waals surface area contributed by atoms with Gasteiger partial charge in [0.05, 0.1) is 17.1 Å². The van der Waals surface area contributed by atoms with Gasteiger partial charge >= 0.3 is 0 Å². The van der Waals surface area contributed by atoms with E-state index in [0.29, 0.717) is 0 Å². The lowest BCUT2D eigenvalue weighted by Crippen LogP contribution is -2.00. The molecule has 16 heavy (non-hydrogen) atoms. The molecule has 0 spiro atoms. The Morgan fingerprint density at radius 3 is 2.50 bits per heavy atom. The first-order valence-corrected chi connectivity index (χ1v) is 5.96. The third-order valence-corrected chi connectivity index (χ3v) is 3.04. The Balaban J connectivity index is 2.05. The molecule has 0 saturated heterocycles. The zero-order chi connectivity index (χ0) is 11.5. The fourth-order valence-corrected chi connectivity index (χ4v) is 1.87. The maximum atomic E-state index is 4.15. The summed E-state index contributed by atoms with van der Waals surface area (Å²) < 4.78 is 1.10. The van der Waals surface area contributed by atoms with Crippen molar-refractivity contribution in [3.05, 3.63) is 45.7 Å². The zero-order valence-electron chi connectivity index (χ0n) is 9.34. The van der Waals surface area contributed by atoms with E-state index in [-0.39, 0.29) is 0 Å². The summed E-state index contributed by atoms with van der Waals surface area (Å²) in [6.45, 7) is 4.83. The van der Waals surface area contributed by atoms with E-state index in [0.717, 1.165) is 28.1 Å². The molecular weight excluding hydrogens is 266 g/mol. The van der Waals surface area contributed by atoms with Crippen LogP contribution in [0.5, 0.6) is 0 Å². The predicted octanol–water partition coefficient (Wildman–Crippen LogP) is 3.40. The monoisotopic (exact) mass is 279 g/mol. The quantitative estimate of drug-likeness (QED) is 0.904. The van der Waals surface area contributed by atoms with E-state index in [4.69, 9.17) is 0 Å². The topological polar surface area (TPSA) is 40.7 Å². The second kappa shape index (κ2) is 4.70. The number of rotatable bonds is 3. The van der Waals surface area contributed by atoms with E-state index in [9.17, 15) is 0 Å². The van der Waals surface area contributed by atoms with Crippen molar-refractivity contribution in [2.24, 2.45) is 0 Å². The molecule has 0 amide bonds. The van der Waals surface area contributed by atoms with Gasteiger partial charge in [-0.3, -0.25) is 5.10 Å². The minimum Gasteiger partial charge on any atom is -0.378 e. The van der Waals surface area contributed by atoms with Crippen LogP contribution in [0.2, 0.25) is 0 Å². The summed E-state index contributed by atoms with van der Waals surface area (Å²) in [5, 5.41) is 10.5. The van der Waals surface area contributed by atoms with Crippen LogP contribution in [-0.4, -0.2) is 10.2 Å². The van der Waals surface area contributed by atoms with Gasteiger partial charge in [0.1, 0.15) is 0 Å². The van der Waals surface area contributed by atoms with Crippen molar-refractivity contribution >= 4 is 21.6 Å². The maximum absolute atomic E-state index is 4.15. The molecular formula is C12H14BrN3. The highest BCUT2D eigenvalue weighted by Crippen LogP contribution is 2.17. The van der Waals surface area contributed by atoms with Crippen molar-refractivity contribution in [2.75, 3.05) is 5.32 Å². The molecule has 2 N–H and O–H groups in total. The molecule has 0 atom stereocenters. The van der Waals surface area contributed by atoms with Crippen molar-refractivity contribution in [3.8, 4) is 0 Å². The van der Waals surface area contributed by atoms with Crippen LogP contribution < -0.4 is 5.32 Å². The molecule has 0 saturated carbocycles. The van der Waals surface area contributed by atoms with Crippen LogP contribution >= 0.6 is 15.9 Å². The van der Waals surface area contributed by atoms with Gasteiger partial charge < -0.3 is 5.32 Å². The van der Waals surface area contributed by atoms with E-state index in [1.165, 1.54) is 5.56 Å². The Labute approximate surface area is 103 Å². The molecule has 3 nitrogen and oxygen atoms in total. The minimum absolute atomic E-state index is 0.814. The number of nitrogens with one attached hydrogen (secondary N) is 2. The van der Waals surface area contributed by atoms with Gasteiger partial charge in [0.15, 0.2) is 0 Å². The van der Waals surface area contributed by atoms with Crippen LogP contribution in [0.4, 0.5) is 5.69 Å². The number of aryl methyl sites for hydroxylation is 2. The van der Waals surface area contributed by atoms with Crippen molar-refractivity contribution in [1.29, 1.82) is 0 Å². The summed E-state index contributed by atoms with van der Waals surface area (Å²) in [6.07, 6.45) is 0. The number of hydrogen-bond acceptors (Lipinski definition) is 2. The highest BCUT2D eigenvalue weighted by atomic mass is 79.9. The molecule has 0 aliphatic heterocycles. The number of halogens is 1. The van der Waals surface area contributed by atoms with Crippen LogP contribution in [0, 0.1) is 13.8 Å². The number of anilines is 1. The highest BCUT2D eigenvalue weighted by molar-refractivity contribution is 9.10. The smallest absolute Gasteiger partial charge is 0.0825 e. The molecule has 0 aliphatic rings. The molecule has 0 fully saturated rings. The lowest BCUT2D eigenvalue weighted by atomic mass is 10.2. The van der Waals surface area contributed by atoms with Gasteiger partial charge in [0, 0.05) is 11.0 Å². The summed E-state index contributed by atoms with van der Waals surface area (Å²) in [6, 6.07) is 8.29. The molecule has 0 aliphatic carbocycles. The average molecular weight is 280 g/mol. The SMILES string of the molecule is Cc1n[nH]c(C)c1NCc1ccc(Br)cc1. The van der Waals surface area contributed by atoms with Crippen LogP contribution in [0.1, 0.15) is 17.0 Å². The van der Waals surface area contributed by atoms with Gasteiger partial charge in [-0.05, 0) is 31.5 Å². The highest BCUT2D eigenvalue weighted by Gasteiger charge is 2.04. The number of benzene rings is 1. The second-order valence-electron chi connectivity index (χ2n) is 3.79. The van der Waals surface area contributed by atoms with Crippen LogP contribution in [-0.2, 0) is 6.54 Å². The zero-order valence-corrected chi connectivity index (χ0v) is 10.9. The number of aromatic nitrogens is 2. The van der Waals surface area contributed by atoms with Crippen LogP contribution in [0.15, 0.2) is 28.7 Å². The minimum atomic E-state index is 0.814. The summed E-state index contributed by atoms with van der Waals surface area (Å²) in [7, 11) is 0. The number of aromatic amines is 1. The fourth-order valence-electron chi connectivity index (χ4n) is 1.60. The fraction of sp³-hybridized carbons (Fsp3) is 0.250. The van der Waals surface area contributed by atoms with Gasteiger partial charge in [0.25, 0.3) is 0 Å². The van der Waals surface area contributed by atoms with Crippen molar-refractivity contribution in [3.63, 3.8) is 0 Å². The molecule has 0 radical (unpaired) electrons. The van der Waals surface area contributed by atoms with Crippen molar-refractivity contribution < 1.29 is 0 Å². The molecule has 1 aromatic heterocycles. The summed E-state index contributed by atoms with van der Waals surface area (Å²) in [4.78, 5) is 0. The standard InChI is InChI=1S/C12H14BrN3/c1-8-12(9(2)16-15-8)14-7-10-3-5-11(13)6-4-10/h3-6,14H,7H2,1-2H3,(H,15,16). The van der Waals surface area contributed by atoms with E-state index >= 15 is 0 Å². The Morgan fingerprint density at radius 1 is 1.25 bits per heavy atom. The number of nitrogens with zero attached hydrogens (tertiary/aromatic N) is 1. The molecule has 4 heteroatoms. The Kier molecular flexibility index (Phi) is 3.29. The van der Waals surface area contributed by atoms with Gasteiger partial charge in [0.2, 0.25) is 0 Å². The Hall–Kier alpha value is -1.29.